The molecule has 3 heteroatoms. The highest BCUT2D eigenvalue weighted by molar-refractivity contribution is 7.96. The summed E-state index contributed by atoms with van der Waals surface area (Å²) in [6.07, 6.45) is 5.24. The lowest BCUT2D eigenvalue weighted by Gasteiger charge is -1.86. The summed E-state index contributed by atoms with van der Waals surface area (Å²) in [6, 6.07) is 0. The number of rotatable bonds is 2. The molecular weight excluding hydrogens is 124 g/mol. The van der Waals surface area contributed by atoms with E-state index < -0.39 is 9.84 Å². The van der Waals surface area contributed by atoms with E-state index in [0.29, 0.717) is 6.42 Å². The molecule has 0 fully saturated rings. The molecule has 0 saturated carbocycles. The first-order valence-electron chi connectivity index (χ1n) is 2.32. The lowest BCUT2D eigenvalue weighted by Crippen LogP contribution is -1.99. The van der Waals surface area contributed by atoms with E-state index in [0.717, 1.165) is 0 Å². The van der Waals surface area contributed by atoms with Gasteiger partial charge in [-0.1, -0.05) is 6.92 Å². The van der Waals surface area contributed by atoms with Gasteiger partial charge in [-0.05, 0) is 6.42 Å². The van der Waals surface area contributed by atoms with Gasteiger partial charge >= 0.3 is 0 Å². The quantitative estimate of drug-likeness (QED) is 0.402. The third-order valence-corrected chi connectivity index (χ3v) is 1.96. The Balaban J connectivity index is 4.02. The van der Waals surface area contributed by atoms with Crippen LogP contribution in [0, 0.1) is 11.7 Å². The Kier molecular flexibility index (Phi) is 2.56. The topological polar surface area (TPSA) is 34.1 Å². The number of hydrogen-bond acceptors (Lipinski definition) is 2. The summed E-state index contributed by atoms with van der Waals surface area (Å²) in [7, 11) is -3.14. The Labute approximate surface area is 49.8 Å². The van der Waals surface area contributed by atoms with Crippen molar-refractivity contribution in [3.63, 3.8) is 0 Å². The highest BCUT2D eigenvalue weighted by Gasteiger charge is 2.00. The van der Waals surface area contributed by atoms with Crippen LogP contribution in [0.4, 0.5) is 0 Å². The zero-order chi connectivity index (χ0) is 6.62. The average molecular weight is 132 g/mol. The maximum atomic E-state index is 10.4. The minimum atomic E-state index is -3.14. The molecule has 0 aromatic rings. The molecule has 0 aliphatic heterocycles. The number of hydrogen-bond donors (Lipinski definition) is 0. The van der Waals surface area contributed by atoms with Crippen molar-refractivity contribution in [3.05, 3.63) is 0 Å². The van der Waals surface area contributed by atoms with Crippen molar-refractivity contribution in [3.8, 4) is 11.7 Å². The summed E-state index contributed by atoms with van der Waals surface area (Å²) in [5, 5.41) is 1.71. The zero-order valence-corrected chi connectivity index (χ0v) is 5.53. The second-order valence-corrected chi connectivity index (χ2v) is 3.31. The zero-order valence-electron chi connectivity index (χ0n) is 4.72. The molecule has 2 nitrogen and oxygen atoms in total. The molecule has 8 heavy (non-hydrogen) atoms. The van der Waals surface area contributed by atoms with E-state index in [2.05, 4.69) is 6.42 Å². The first-order valence-corrected chi connectivity index (χ1v) is 3.97. The second kappa shape index (κ2) is 2.73. The van der Waals surface area contributed by atoms with Crippen LogP contribution in [0.25, 0.3) is 0 Å². The maximum Gasteiger partial charge on any atom is 0.216 e. The number of sulfone groups is 1. The Morgan fingerprint density at radius 1 is 1.62 bits per heavy atom. The third-order valence-electron chi connectivity index (χ3n) is 0.652. The van der Waals surface area contributed by atoms with Gasteiger partial charge in [0.2, 0.25) is 9.84 Å². The summed E-state index contributed by atoms with van der Waals surface area (Å²) in [6.45, 7) is 1.77. The molecule has 0 amide bonds. The summed E-state index contributed by atoms with van der Waals surface area (Å²) in [5.41, 5.74) is 0. The second-order valence-electron chi connectivity index (χ2n) is 1.44. The molecular formula is C5H8O2S. The van der Waals surface area contributed by atoms with E-state index >= 15 is 0 Å². The van der Waals surface area contributed by atoms with Gasteiger partial charge in [0.1, 0.15) is 0 Å². The standard InChI is InChI=1S/C5H8O2S/c1-3-5-8(6,7)4-2/h2H,3,5H2,1H3. The molecule has 46 valence electrons. The summed E-state index contributed by atoms with van der Waals surface area (Å²) < 4.78 is 20.7. The predicted octanol–water partition coefficient (Wildman–Crippen LogP) is 0.402. The van der Waals surface area contributed by atoms with Crippen LogP contribution in [0.1, 0.15) is 13.3 Å². The summed E-state index contributed by atoms with van der Waals surface area (Å²) in [4.78, 5) is 0. The smallest absolute Gasteiger partial charge is 0.215 e. The molecule has 0 aromatic carbocycles. The highest BCUT2D eigenvalue weighted by atomic mass is 32.2. The van der Waals surface area contributed by atoms with Crippen molar-refractivity contribution < 1.29 is 8.42 Å². The minimum absolute atomic E-state index is 0.101. The maximum absolute atomic E-state index is 10.4. The molecule has 0 unspecified atom stereocenters. The summed E-state index contributed by atoms with van der Waals surface area (Å²) in [5.74, 6) is 0.101. The first kappa shape index (κ1) is 7.51. The fourth-order valence-corrected chi connectivity index (χ4v) is 0.983. The van der Waals surface area contributed by atoms with Crippen LogP contribution in [-0.4, -0.2) is 14.2 Å². The van der Waals surface area contributed by atoms with E-state index in [4.69, 9.17) is 0 Å². The Bertz CT molecular complexity index is 183. The van der Waals surface area contributed by atoms with Crippen LogP contribution < -0.4 is 0 Å². The van der Waals surface area contributed by atoms with Crippen LogP contribution in [0.15, 0.2) is 0 Å². The number of terminal acetylenes is 1. The van der Waals surface area contributed by atoms with E-state index in [1.54, 1.807) is 12.2 Å². The molecule has 0 spiro atoms. The van der Waals surface area contributed by atoms with Gasteiger partial charge < -0.3 is 0 Å². The predicted molar refractivity (Wildman–Crippen MR) is 32.9 cm³/mol. The van der Waals surface area contributed by atoms with Gasteiger partial charge in [-0.2, -0.15) is 0 Å². The van der Waals surface area contributed by atoms with Crippen molar-refractivity contribution in [2.75, 3.05) is 5.75 Å². The lowest BCUT2D eigenvalue weighted by molar-refractivity contribution is 0.605. The minimum Gasteiger partial charge on any atom is -0.215 e. The Morgan fingerprint density at radius 2 is 2.12 bits per heavy atom. The average Bonchev–Trinajstić information content (AvgIpc) is 1.67. The van der Waals surface area contributed by atoms with E-state index in [9.17, 15) is 8.42 Å². The Hall–Kier alpha value is -0.490. The van der Waals surface area contributed by atoms with Gasteiger partial charge in [-0.25, -0.2) is 8.42 Å². The molecule has 0 radical (unpaired) electrons. The van der Waals surface area contributed by atoms with Crippen LogP contribution in [-0.2, 0) is 9.84 Å². The molecule has 0 bridgehead atoms. The van der Waals surface area contributed by atoms with Crippen molar-refractivity contribution in [1.82, 2.24) is 0 Å². The van der Waals surface area contributed by atoms with Crippen LogP contribution >= 0.6 is 0 Å². The first-order chi connectivity index (χ1) is 3.62. The Morgan fingerprint density at radius 3 is 2.25 bits per heavy atom. The van der Waals surface area contributed by atoms with Crippen LogP contribution in [0.2, 0.25) is 0 Å². The van der Waals surface area contributed by atoms with Gasteiger partial charge in [-0.15, -0.1) is 6.42 Å². The molecule has 0 rings (SSSR count). The fraction of sp³-hybridized carbons (Fsp3) is 0.600. The molecule has 0 saturated heterocycles. The van der Waals surface area contributed by atoms with E-state index in [-0.39, 0.29) is 5.75 Å². The SMILES string of the molecule is C#CS(=O)(=O)CCC. The van der Waals surface area contributed by atoms with Crippen molar-refractivity contribution in [1.29, 1.82) is 0 Å². The van der Waals surface area contributed by atoms with Gasteiger partial charge in [0, 0.05) is 5.25 Å². The fourth-order valence-electron chi connectivity index (χ4n) is 0.328. The summed E-state index contributed by atoms with van der Waals surface area (Å²) >= 11 is 0. The van der Waals surface area contributed by atoms with E-state index in [1.165, 1.54) is 0 Å². The van der Waals surface area contributed by atoms with Crippen LogP contribution in [0.5, 0.6) is 0 Å². The lowest BCUT2D eigenvalue weighted by atomic mass is 10.6. The molecule has 0 atom stereocenters. The van der Waals surface area contributed by atoms with E-state index in [1.807, 2.05) is 0 Å². The van der Waals surface area contributed by atoms with Gasteiger partial charge in [0.15, 0.2) is 0 Å². The normalized spacial score (nSPS) is 10.5. The highest BCUT2D eigenvalue weighted by Crippen LogP contribution is 1.88. The van der Waals surface area contributed by atoms with Crippen LogP contribution in [0.3, 0.4) is 0 Å². The van der Waals surface area contributed by atoms with Gasteiger partial charge in [0.25, 0.3) is 0 Å². The molecule has 0 aliphatic carbocycles. The largest absolute Gasteiger partial charge is 0.216 e. The molecule has 0 aromatic heterocycles. The van der Waals surface area contributed by atoms with Crippen molar-refractivity contribution in [2.24, 2.45) is 0 Å². The van der Waals surface area contributed by atoms with Gasteiger partial charge in [-0.3, -0.25) is 0 Å². The van der Waals surface area contributed by atoms with Crippen molar-refractivity contribution in [2.45, 2.75) is 13.3 Å². The molecule has 0 aliphatic rings. The molecule has 0 heterocycles. The van der Waals surface area contributed by atoms with Gasteiger partial charge in [0.05, 0.1) is 5.75 Å². The van der Waals surface area contributed by atoms with Crippen molar-refractivity contribution >= 4 is 9.84 Å². The molecule has 0 N–H and O–H groups in total. The monoisotopic (exact) mass is 132 g/mol. The third kappa shape index (κ3) is 2.64.